The maximum atomic E-state index is 15.8. The molecule has 0 amide bonds. The Morgan fingerprint density at radius 3 is 2.22 bits per heavy atom. The van der Waals surface area contributed by atoms with Gasteiger partial charge in [0.25, 0.3) is 5.56 Å². The normalized spacial score (nSPS) is 14.3. The first-order valence-corrected chi connectivity index (χ1v) is 14.9. The third-order valence-electron chi connectivity index (χ3n) is 7.75. The number of fused-ring (bicyclic) bond motifs is 1. The summed E-state index contributed by atoms with van der Waals surface area (Å²) < 4.78 is 79.8. The highest BCUT2D eigenvalue weighted by molar-refractivity contribution is 7.99. The van der Waals surface area contributed by atoms with E-state index in [0.717, 1.165) is 36.0 Å². The average molecular weight is 634 g/mol. The molecule has 1 aliphatic rings. The molecule has 2 heterocycles. The number of nitrogens with zero attached hydrogens (tertiary/aromatic N) is 1. The average Bonchev–Trinajstić information content (AvgIpc) is 3.46. The number of aromatic nitrogens is 1. The lowest BCUT2D eigenvalue weighted by atomic mass is 9.92. The van der Waals surface area contributed by atoms with Crippen molar-refractivity contribution in [3.8, 4) is 22.6 Å². The third-order valence-corrected chi connectivity index (χ3v) is 8.95. The third kappa shape index (κ3) is 5.78. The number of rotatable bonds is 7. The highest BCUT2D eigenvalue weighted by Gasteiger charge is 2.38. The predicted octanol–water partition coefficient (Wildman–Crippen LogP) is 9.03. The first kappa shape index (κ1) is 30.3. The Hall–Kier alpha value is -4.70. The molecule has 6 rings (SSSR count). The minimum atomic E-state index is -4.84. The molecule has 10 heteroatoms. The molecule has 0 radical (unpaired) electrons. The van der Waals surface area contributed by atoms with Gasteiger partial charge in [0.1, 0.15) is 29.2 Å². The second kappa shape index (κ2) is 12.0. The van der Waals surface area contributed by atoms with E-state index in [1.165, 1.54) is 23.6 Å². The predicted molar refractivity (Wildman–Crippen MR) is 162 cm³/mol. The van der Waals surface area contributed by atoms with Crippen LogP contribution in [0.2, 0.25) is 0 Å². The second-order valence-electron chi connectivity index (χ2n) is 10.5. The molecule has 0 saturated carbocycles. The second-order valence-corrected chi connectivity index (χ2v) is 11.5. The van der Waals surface area contributed by atoms with Crippen LogP contribution >= 0.6 is 11.8 Å². The first-order valence-electron chi connectivity index (χ1n) is 13.9. The Morgan fingerprint density at radius 1 is 0.867 bits per heavy atom. The Bertz CT molecular complexity index is 1970. The van der Waals surface area contributed by atoms with Crippen LogP contribution in [-0.4, -0.2) is 16.1 Å². The number of para-hydroxylation sites is 1. The molecule has 45 heavy (non-hydrogen) atoms. The van der Waals surface area contributed by atoms with Crippen LogP contribution in [0.4, 0.5) is 22.0 Å². The number of halogens is 5. The molecule has 0 saturated heterocycles. The summed E-state index contributed by atoms with van der Waals surface area (Å²) in [6.45, 7) is 1.50. The number of ether oxygens (including phenoxy) is 1. The molecule has 1 aromatic heterocycles. The van der Waals surface area contributed by atoms with Gasteiger partial charge >= 0.3 is 6.18 Å². The Kier molecular flexibility index (Phi) is 8.09. The number of hydrogen-bond acceptors (Lipinski definition) is 4. The van der Waals surface area contributed by atoms with Crippen molar-refractivity contribution in [1.82, 2.24) is 4.57 Å². The number of hydrogen-bond donors (Lipinski definition) is 0. The molecule has 4 aromatic carbocycles. The van der Waals surface area contributed by atoms with Crippen LogP contribution in [0, 0.1) is 18.6 Å². The molecule has 4 nitrogen and oxygen atoms in total. The lowest BCUT2D eigenvalue weighted by Crippen LogP contribution is -2.31. The van der Waals surface area contributed by atoms with Gasteiger partial charge in [-0.05, 0) is 54.4 Å². The molecular formula is C35H24F5NO3S. The standard InChI is InChI=1S/C35H24F5NO3S/c1-20-25(18-26-27(35(38,39)40)13-8-14-28(26)36)34-41(30(19-45-34)32(42)21-9-4-2-5-10-21)33(43)31(20)24-16-15-23(17-29(24)37)44-22-11-6-3-7-12-22/h2-17,30H,18-19H2,1H3. The fourth-order valence-corrected chi connectivity index (χ4v) is 6.95. The summed E-state index contributed by atoms with van der Waals surface area (Å²) in [4.78, 5) is 27.8. The number of Topliss-reactive ketones (excluding diaryl/α,β-unsaturated/α-hetero) is 1. The van der Waals surface area contributed by atoms with Gasteiger partial charge in [0.2, 0.25) is 0 Å². The van der Waals surface area contributed by atoms with Gasteiger partial charge in [-0.2, -0.15) is 13.2 Å². The van der Waals surface area contributed by atoms with Crippen molar-refractivity contribution in [1.29, 1.82) is 0 Å². The van der Waals surface area contributed by atoms with Gasteiger partial charge < -0.3 is 4.74 Å². The molecule has 1 aliphatic heterocycles. The van der Waals surface area contributed by atoms with Crippen LogP contribution in [0.3, 0.4) is 0 Å². The zero-order valence-electron chi connectivity index (χ0n) is 23.7. The number of carbonyl (C=O) groups excluding carboxylic acids is 1. The summed E-state index contributed by atoms with van der Waals surface area (Å²) >= 11 is 1.13. The van der Waals surface area contributed by atoms with Gasteiger partial charge in [0.15, 0.2) is 5.78 Å². The van der Waals surface area contributed by atoms with E-state index in [0.29, 0.717) is 11.3 Å². The summed E-state index contributed by atoms with van der Waals surface area (Å²) in [5.41, 5.74) is -1.94. The highest BCUT2D eigenvalue weighted by atomic mass is 32.2. The molecule has 228 valence electrons. The van der Waals surface area contributed by atoms with Gasteiger partial charge in [-0.15, -0.1) is 11.8 Å². The molecule has 0 aliphatic carbocycles. The quantitative estimate of drug-likeness (QED) is 0.133. The zero-order valence-corrected chi connectivity index (χ0v) is 24.5. The van der Waals surface area contributed by atoms with Gasteiger partial charge in [-0.1, -0.05) is 54.6 Å². The van der Waals surface area contributed by atoms with Crippen molar-refractivity contribution >= 4 is 17.5 Å². The van der Waals surface area contributed by atoms with Crippen LogP contribution in [0.5, 0.6) is 11.5 Å². The zero-order chi connectivity index (χ0) is 31.9. The summed E-state index contributed by atoms with van der Waals surface area (Å²) in [7, 11) is 0. The van der Waals surface area contributed by atoms with Crippen molar-refractivity contribution in [3.05, 3.63) is 147 Å². The smallest absolute Gasteiger partial charge is 0.416 e. The fraction of sp³-hybridized carbons (Fsp3) is 0.143. The number of thioether (sulfide) groups is 1. The maximum absolute atomic E-state index is 15.8. The number of alkyl halides is 3. The molecular weight excluding hydrogens is 609 g/mol. The molecule has 0 bridgehead atoms. The van der Waals surface area contributed by atoms with Crippen LogP contribution < -0.4 is 10.3 Å². The minimum absolute atomic E-state index is 0.120. The molecule has 1 atom stereocenters. The highest BCUT2D eigenvalue weighted by Crippen LogP contribution is 2.43. The molecule has 1 unspecified atom stereocenters. The van der Waals surface area contributed by atoms with Gasteiger partial charge in [0, 0.05) is 34.9 Å². The molecule has 0 N–H and O–H groups in total. The minimum Gasteiger partial charge on any atom is -0.457 e. The lowest BCUT2D eigenvalue weighted by Gasteiger charge is -2.21. The summed E-state index contributed by atoms with van der Waals surface area (Å²) in [5, 5.41) is 0.247. The van der Waals surface area contributed by atoms with E-state index in [9.17, 15) is 22.8 Å². The van der Waals surface area contributed by atoms with Gasteiger partial charge in [-0.25, -0.2) is 8.78 Å². The summed E-state index contributed by atoms with van der Waals surface area (Å²) in [6, 6.07) is 22.6. The first-order chi connectivity index (χ1) is 21.5. The molecule has 5 aromatic rings. The summed E-state index contributed by atoms with van der Waals surface area (Å²) in [5.74, 6) is -1.51. The van der Waals surface area contributed by atoms with Crippen molar-refractivity contribution in [2.75, 3.05) is 5.75 Å². The Balaban J connectivity index is 1.54. The SMILES string of the molecule is Cc1c(Cc2c(F)cccc2C(F)(F)F)c2n(c(=O)c1-c1ccc(Oc3ccccc3)cc1F)C(C(=O)c1ccccc1)CS2. The number of benzene rings is 4. The Morgan fingerprint density at radius 2 is 1.56 bits per heavy atom. The number of ketones is 1. The number of pyridine rings is 1. The van der Waals surface area contributed by atoms with Crippen molar-refractivity contribution < 1.29 is 31.5 Å². The van der Waals surface area contributed by atoms with Crippen molar-refractivity contribution in [2.24, 2.45) is 0 Å². The van der Waals surface area contributed by atoms with Crippen LogP contribution in [0.15, 0.2) is 107 Å². The van der Waals surface area contributed by atoms with Crippen LogP contribution in [0.25, 0.3) is 11.1 Å². The monoisotopic (exact) mass is 633 g/mol. The van der Waals surface area contributed by atoms with Crippen molar-refractivity contribution in [2.45, 2.75) is 30.6 Å². The van der Waals surface area contributed by atoms with E-state index in [1.54, 1.807) is 60.7 Å². The van der Waals surface area contributed by atoms with E-state index in [2.05, 4.69) is 0 Å². The van der Waals surface area contributed by atoms with E-state index < -0.39 is 47.0 Å². The fourth-order valence-electron chi connectivity index (χ4n) is 5.58. The maximum Gasteiger partial charge on any atom is 0.416 e. The van der Waals surface area contributed by atoms with E-state index in [4.69, 9.17) is 4.74 Å². The van der Waals surface area contributed by atoms with Gasteiger partial charge in [0.05, 0.1) is 16.2 Å². The Labute approximate surface area is 259 Å². The van der Waals surface area contributed by atoms with Crippen LogP contribution in [-0.2, 0) is 12.6 Å². The topological polar surface area (TPSA) is 48.3 Å². The van der Waals surface area contributed by atoms with E-state index in [1.807, 2.05) is 0 Å². The van der Waals surface area contributed by atoms with E-state index >= 15 is 8.78 Å². The van der Waals surface area contributed by atoms with E-state index in [-0.39, 0.29) is 44.6 Å². The number of carbonyl (C=O) groups is 1. The van der Waals surface area contributed by atoms with Crippen LogP contribution in [0.1, 0.15) is 38.7 Å². The molecule has 0 fully saturated rings. The summed E-state index contributed by atoms with van der Waals surface area (Å²) in [6.07, 6.45) is -5.38. The lowest BCUT2D eigenvalue weighted by molar-refractivity contribution is -0.138. The van der Waals surface area contributed by atoms with Gasteiger partial charge in [-0.3, -0.25) is 14.2 Å². The largest absolute Gasteiger partial charge is 0.457 e. The molecule has 0 spiro atoms. The van der Waals surface area contributed by atoms with Crippen molar-refractivity contribution in [3.63, 3.8) is 0 Å².